The Morgan fingerprint density at radius 1 is 1.21 bits per heavy atom. The fourth-order valence-electron chi connectivity index (χ4n) is 3.11. The van der Waals surface area contributed by atoms with Gasteiger partial charge in [-0.05, 0) is 24.5 Å². The van der Waals surface area contributed by atoms with E-state index in [9.17, 15) is 14.4 Å². The van der Waals surface area contributed by atoms with Crippen molar-refractivity contribution in [1.82, 2.24) is 9.97 Å². The van der Waals surface area contributed by atoms with Crippen LogP contribution in [0.5, 0.6) is 0 Å². The molecule has 2 aromatic rings. The first kappa shape index (κ1) is 15.0. The Bertz CT molecular complexity index is 888. The molecule has 0 amide bonds. The van der Waals surface area contributed by atoms with Crippen molar-refractivity contribution in [3.05, 3.63) is 40.8 Å². The summed E-state index contributed by atoms with van der Waals surface area (Å²) >= 11 is 0. The van der Waals surface area contributed by atoms with Gasteiger partial charge in [-0.15, -0.1) is 0 Å². The van der Waals surface area contributed by atoms with Crippen LogP contribution in [-0.2, 0) is 11.2 Å². The summed E-state index contributed by atoms with van der Waals surface area (Å²) in [5.74, 6) is 0.149. The third-order valence-electron chi connectivity index (χ3n) is 4.70. The maximum Gasteiger partial charge on any atom is 0.251 e. The van der Waals surface area contributed by atoms with Crippen LogP contribution in [-0.4, -0.2) is 27.3 Å². The molecule has 2 aliphatic rings. The topological polar surface area (TPSA) is 79.9 Å². The van der Waals surface area contributed by atoms with E-state index in [0.29, 0.717) is 29.1 Å². The molecule has 0 aliphatic heterocycles. The van der Waals surface area contributed by atoms with Crippen molar-refractivity contribution >= 4 is 17.3 Å². The van der Waals surface area contributed by atoms with Crippen LogP contribution in [0.15, 0.2) is 18.2 Å². The number of rotatable bonds is 4. The number of carbonyl (C=O) groups is 3. The fourth-order valence-corrected chi connectivity index (χ4v) is 3.11. The van der Waals surface area contributed by atoms with Crippen LogP contribution >= 0.6 is 0 Å². The lowest BCUT2D eigenvalue weighted by molar-refractivity contribution is -0.119. The maximum absolute atomic E-state index is 12.5. The summed E-state index contributed by atoms with van der Waals surface area (Å²) in [6, 6.07) is 5.34. The first-order chi connectivity index (χ1) is 11.5. The van der Waals surface area contributed by atoms with Gasteiger partial charge in [0.25, 0.3) is 5.78 Å². The second kappa shape index (κ2) is 5.23. The van der Waals surface area contributed by atoms with Crippen LogP contribution in [0.2, 0.25) is 0 Å². The highest BCUT2D eigenvalue weighted by Crippen LogP contribution is 2.35. The number of aromatic nitrogens is 2. The average molecular weight is 322 g/mol. The molecule has 0 saturated heterocycles. The third-order valence-corrected chi connectivity index (χ3v) is 4.70. The summed E-state index contributed by atoms with van der Waals surface area (Å²) in [5.41, 5.74) is 2.63. The first-order valence-corrected chi connectivity index (χ1v) is 8.30. The average Bonchev–Trinajstić information content (AvgIpc) is 3.31. The van der Waals surface area contributed by atoms with Crippen LogP contribution in [0.25, 0.3) is 11.3 Å². The van der Waals surface area contributed by atoms with Crippen LogP contribution in [0.1, 0.15) is 64.8 Å². The van der Waals surface area contributed by atoms with Crippen LogP contribution < -0.4 is 0 Å². The summed E-state index contributed by atoms with van der Waals surface area (Å²) in [7, 11) is 0. The largest absolute Gasteiger partial charge is 0.338 e. The molecular weight excluding hydrogens is 304 g/mol. The smallest absolute Gasteiger partial charge is 0.251 e. The van der Waals surface area contributed by atoms with E-state index >= 15 is 0 Å². The molecule has 0 radical (unpaired) electrons. The molecule has 0 spiro atoms. The minimum Gasteiger partial charge on any atom is -0.338 e. The molecule has 0 atom stereocenters. The Labute approximate surface area is 139 Å². The molecule has 122 valence electrons. The lowest BCUT2D eigenvalue weighted by Gasteiger charge is -2.14. The van der Waals surface area contributed by atoms with Crippen molar-refractivity contribution in [1.29, 1.82) is 0 Å². The van der Waals surface area contributed by atoms with Gasteiger partial charge in [0.05, 0.1) is 0 Å². The molecule has 5 heteroatoms. The van der Waals surface area contributed by atoms with Crippen molar-refractivity contribution < 1.29 is 14.4 Å². The summed E-state index contributed by atoms with van der Waals surface area (Å²) in [4.78, 5) is 44.3. The number of benzene rings is 1. The molecule has 1 saturated carbocycles. The van der Waals surface area contributed by atoms with E-state index in [4.69, 9.17) is 0 Å². The van der Waals surface area contributed by atoms with E-state index in [1.807, 2.05) is 19.9 Å². The van der Waals surface area contributed by atoms with Crippen molar-refractivity contribution in [2.45, 2.75) is 39.0 Å². The van der Waals surface area contributed by atoms with E-state index in [2.05, 4.69) is 9.97 Å². The highest BCUT2D eigenvalue weighted by molar-refractivity contribution is 6.52. The lowest BCUT2D eigenvalue weighted by atomic mass is 9.88. The Morgan fingerprint density at radius 2 is 1.96 bits per heavy atom. The Balaban J connectivity index is 1.77. The second-order valence-electron chi connectivity index (χ2n) is 6.96. The Hall–Kier alpha value is -2.56. The number of H-pyrrole nitrogens is 1. The van der Waals surface area contributed by atoms with E-state index in [1.54, 1.807) is 12.1 Å². The summed E-state index contributed by atoms with van der Waals surface area (Å²) in [5, 5.41) is 0. The number of nitrogens with one attached hydrogen (secondary N) is 1. The monoisotopic (exact) mass is 322 g/mol. The van der Waals surface area contributed by atoms with Gasteiger partial charge in [0.2, 0.25) is 5.78 Å². The number of Topliss-reactive ketones (excluding diaryl/α,β-unsaturated/α-hetero) is 3. The molecule has 1 aromatic heterocycles. The normalized spacial score (nSPS) is 16.3. The number of nitrogens with zero attached hydrogens (tertiary/aromatic N) is 1. The molecule has 24 heavy (non-hydrogen) atoms. The highest BCUT2D eigenvalue weighted by atomic mass is 16.2. The predicted molar refractivity (Wildman–Crippen MR) is 88.2 cm³/mol. The summed E-state index contributed by atoms with van der Waals surface area (Å²) in [6.45, 7) is 3.95. The minimum absolute atomic E-state index is 0.136. The minimum atomic E-state index is -0.553. The van der Waals surface area contributed by atoms with Gasteiger partial charge in [-0.2, -0.15) is 0 Å². The molecule has 1 aromatic carbocycles. The number of ketones is 3. The maximum atomic E-state index is 12.5. The first-order valence-electron chi connectivity index (χ1n) is 8.30. The van der Waals surface area contributed by atoms with Gasteiger partial charge < -0.3 is 4.98 Å². The van der Waals surface area contributed by atoms with Gasteiger partial charge in [-0.25, -0.2) is 4.98 Å². The number of aromatic amines is 1. The number of carbonyl (C=O) groups excluding carboxylic acids is 3. The molecule has 1 fully saturated rings. The molecule has 1 N–H and O–H groups in total. The number of imidazole rings is 1. The van der Waals surface area contributed by atoms with Gasteiger partial charge in [-0.3, -0.25) is 14.4 Å². The van der Waals surface area contributed by atoms with E-state index in [1.165, 1.54) is 0 Å². The highest BCUT2D eigenvalue weighted by Gasteiger charge is 2.35. The zero-order valence-electron chi connectivity index (χ0n) is 13.7. The second-order valence-corrected chi connectivity index (χ2v) is 6.96. The van der Waals surface area contributed by atoms with Gasteiger partial charge >= 0.3 is 0 Å². The lowest BCUT2D eigenvalue weighted by Crippen LogP contribution is -2.21. The molecule has 5 nitrogen and oxygen atoms in total. The van der Waals surface area contributed by atoms with Gasteiger partial charge in [0, 0.05) is 29.4 Å². The molecule has 0 unspecified atom stereocenters. The van der Waals surface area contributed by atoms with Crippen LogP contribution in [0.3, 0.4) is 0 Å². The Kier molecular flexibility index (Phi) is 3.27. The van der Waals surface area contributed by atoms with Crippen LogP contribution in [0, 0.1) is 5.92 Å². The van der Waals surface area contributed by atoms with Gasteiger partial charge in [0.15, 0.2) is 0 Å². The van der Waals surface area contributed by atoms with Crippen molar-refractivity contribution in [2.75, 3.05) is 0 Å². The standard InChI is InChI=1S/C19H18N2O3/c1-9(2)19-20-15-12-6-3-10(8-14(22)11-4-5-11)7-13(12)17(23)18(24)16(15)21-19/h3,6-7,9,11H,4-5,8H2,1-2H3,(H,20,21). The molecule has 4 rings (SSSR count). The van der Waals surface area contributed by atoms with Crippen LogP contribution in [0.4, 0.5) is 0 Å². The predicted octanol–water partition coefficient (Wildman–Crippen LogP) is 3.10. The third kappa shape index (κ3) is 2.31. The molecule has 1 heterocycles. The molecular formula is C19H18N2O3. The number of fused-ring (bicyclic) bond motifs is 3. The zero-order valence-corrected chi connectivity index (χ0v) is 13.7. The van der Waals surface area contributed by atoms with Gasteiger partial charge in [0.1, 0.15) is 23.0 Å². The van der Waals surface area contributed by atoms with Gasteiger partial charge in [-0.1, -0.05) is 26.0 Å². The summed E-state index contributed by atoms with van der Waals surface area (Å²) in [6.07, 6.45) is 2.26. The SMILES string of the molecule is CC(C)c1nc2c([nH]1)C(=O)C(=O)c1cc(CC(=O)C3CC3)ccc1-2. The molecule has 2 aliphatic carbocycles. The van der Waals surface area contributed by atoms with E-state index in [0.717, 1.165) is 18.4 Å². The number of hydrogen-bond donors (Lipinski definition) is 1. The van der Waals surface area contributed by atoms with E-state index in [-0.39, 0.29) is 23.3 Å². The van der Waals surface area contributed by atoms with Crippen molar-refractivity contribution in [3.8, 4) is 11.3 Å². The summed E-state index contributed by atoms with van der Waals surface area (Å²) < 4.78 is 0. The van der Waals surface area contributed by atoms with E-state index < -0.39 is 11.6 Å². The quantitative estimate of drug-likeness (QED) is 0.877. The zero-order chi connectivity index (χ0) is 17.0. The Morgan fingerprint density at radius 3 is 2.62 bits per heavy atom. The van der Waals surface area contributed by atoms with Crippen molar-refractivity contribution in [3.63, 3.8) is 0 Å². The van der Waals surface area contributed by atoms with Crippen molar-refractivity contribution in [2.24, 2.45) is 5.92 Å². The number of hydrogen-bond acceptors (Lipinski definition) is 4. The fraction of sp³-hybridized carbons (Fsp3) is 0.368. The molecule has 0 bridgehead atoms.